The van der Waals surface area contributed by atoms with E-state index in [1.807, 2.05) is 30.5 Å². The summed E-state index contributed by atoms with van der Waals surface area (Å²) < 4.78 is 5.24. The smallest absolute Gasteiger partial charge is 0.155 e. The maximum Gasteiger partial charge on any atom is 0.155 e. The summed E-state index contributed by atoms with van der Waals surface area (Å²) in [6, 6.07) is -0.180. The number of carbonyl (C=O) groups excluding carboxylic acids is 1. The number of aliphatic imine (C=N–C) groups is 2. The Balaban J connectivity index is 1.79. The molecule has 2 aliphatic heterocycles. The number of fused-ring (bicyclic) bond motifs is 2. The van der Waals surface area contributed by atoms with Crippen LogP contribution in [0.4, 0.5) is 0 Å². The molecule has 0 aromatic heterocycles. The van der Waals surface area contributed by atoms with Crippen LogP contribution in [0.1, 0.15) is 0 Å². The summed E-state index contributed by atoms with van der Waals surface area (Å²) in [5, 5.41) is 0.521. The van der Waals surface area contributed by atoms with Crippen LogP contribution in [0.25, 0.3) is 0 Å². The minimum atomic E-state index is -0.637. The van der Waals surface area contributed by atoms with E-state index >= 15 is 0 Å². The summed E-state index contributed by atoms with van der Waals surface area (Å²) in [5.41, 5.74) is -0.637. The lowest BCUT2D eigenvalue weighted by atomic mass is 9.79. The molecule has 2 heterocycles. The summed E-state index contributed by atoms with van der Waals surface area (Å²) in [6.07, 6.45) is 11.1. The highest BCUT2D eigenvalue weighted by Crippen LogP contribution is 2.58. The summed E-state index contributed by atoms with van der Waals surface area (Å²) in [4.78, 5) is 21.9. The van der Waals surface area contributed by atoms with Gasteiger partial charge in [-0.2, -0.15) is 0 Å². The van der Waals surface area contributed by atoms with E-state index in [9.17, 15) is 4.79 Å². The number of nitrogens with zero attached hydrogens (tertiary/aromatic N) is 2. The number of methoxy groups -OCH3 is 1. The van der Waals surface area contributed by atoms with E-state index in [4.69, 9.17) is 16.3 Å². The first-order chi connectivity index (χ1) is 9.66. The Kier molecular flexibility index (Phi) is 2.37. The van der Waals surface area contributed by atoms with Gasteiger partial charge >= 0.3 is 0 Å². The highest BCUT2D eigenvalue weighted by Gasteiger charge is 2.71. The lowest BCUT2D eigenvalue weighted by Crippen LogP contribution is -2.32. The molecule has 5 unspecified atom stereocenters. The largest absolute Gasteiger partial charge is 0.497 e. The van der Waals surface area contributed by atoms with Gasteiger partial charge in [-0.25, -0.2) is 0 Å². The van der Waals surface area contributed by atoms with Gasteiger partial charge in [0.05, 0.1) is 35.6 Å². The molecule has 5 heteroatoms. The molecule has 0 bridgehead atoms. The molecule has 102 valence electrons. The Morgan fingerprint density at radius 3 is 2.95 bits per heavy atom. The van der Waals surface area contributed by atoms with Gasteiger partial charge in [-0.3, -0.25) is 14.8 Å². The summed E-state index contributed by atoms with van der Waals surface area (Å²) in [7, 11) is 1.61. The van der Waals surface area contributed by atoms with Crippen LogP contribution in [-0.4, -0.2) is 37.4 Å². The zero-order chi connectivity index (χ0) is 13.9. The minimum Gasteiger partial charge on any atom is -0.497 e. The van der Waals surface area contributed by atoms with Crippen LogP contribution in [0.2, 0.25) is 0 Å². The zero-order valence-corrected chi connectivity index (χ0v) is 11.6. The number of ketones is 1. The van der Waals surface area contributed by atoms with E-state index in [-0.39, 0.29) is 29.7 Å². The van der Waals surface area contributed by atoms with Gasteiger partial charge < -0.3 is 4.74 Å². The van der Waals surface area contributed by atoms with Crippen molar-refractivity contribution < 1.29 is 9.53 Å². The first-order valence-electron chi connectivity index (χ1n) is 6.60. The van der Waals surface area contributed by atoms with Crippen LogP contribution >= 0.6 is 11.6 Å². The molecule has 0 N–H and O–H groups in total. The number of halogens is 1. The average molecular weight is 289 g/mol. The highest BCUT2D eigenvalue weighted by atomic mass is 35.5. The van der Waals surface area contributed by atoms with Gasteiger partial charge in [0.25, 0.3) is 0 Å². The molecule has 1 spiro atoms. The van der Waals surface area contributed by atoms with Crippen LogP contribution in [0, 0.1) is 17.3 Å². The Labute approximate surface area is 121 Å². The minimum absolute atomic E-state index is 0.00214. The summed E-state index contributed by atoms with van der Waals surface area (Å²) in [5.74, 6) is 0.614. The average Bonchev–Trinajstić information content (AvgIpc) is 3.13. The number of Topliss-reactive ketones (excluding diaryl/α,β-unsaturated/α-hetero) is 1. The molecule has 5 atom stereocenters. The Morgan fingerprint density at radius 1 is 1.35 bits per heavy atom. The predicted molar refractivity (Wildman–Crippen MR) is 77.1 cm³/mol. The molecular formula is C15H13ClN2O2. The normalized spacial score (nSPS) is 43.8. The second-order valence-corrected chi connectivity index (χ2v) is 5.96. The highest BCUT2D eigenvalue weighted by molar-refractivity contribution is 6.40. The molecular weight excluding hydrogens is 276 g/mol. The van der Waals surface area contributed by atoms with Crippen molar-refractivity contribution in [1.29, 1.82) is 0 Å². The Bertz CT molecular complexity index is 646. The Hall–Kier alpha value is -1.68. The molecule has 4 rings (SSSR count). The second-order valence-electron chi connectivity index (χ2n) is 5.53. The van der Waals surface area contributed by atoms with Gasteiger partial charge in [0.2, 0.25) is 0 Å². The van der Waals surface area contributed by atoms with E-state index in [1.165, 1.54) is 0 Å². The monoisotopic (exact) mass is 288 g/mol. The molecule has 0 aromatic carbocycles. The lowest BCUT2D eigenvalue weighted by molar-refractivity contribution is -0.125. The van der Waals surface area contributed by atoms with Gasteiger partial charge in [0.15, 0.2) is 5.78 Å². The summed E-state index contributed by atoms with van der Waals surface area (Å²) >= 11 is 6.06. The van der Waals surface area contributed by atoms with Crippen LogP contribution in [0.3, 0.4) is 0 Å². The molecule has 2 aliphatic carbocycles. The first-order valence-corrected chi connectivity index (χ1v) is 6.98. The number of allylic oxidation sites excluding steroid dienone is 4. The van der Waals surface area contributed by atoms with Crippen molar-refractivity contribution in [3.8, 4) is 0 Å². The van der Waals surface area contributed by atoms with Crippen LogP contribution in [-0.2, 0) is 9.53 Å². The van der Waals surface area contributed by atoms with Crippen molar-refractivity contribution in [2.75, 3.05) is 7.11 Å². The predicted octanol–water partition coefficient (Wildman–Crippen LogP) is 1.92. The number of hydrogen-bond acceptors (Lipinski definition) is 4. The quantitative estimate of drug-likeness (QED) is 0.740. The zero-order valence-electron chi connectivity index (χ0n) is 10.9. The van der Waals surface area contributed by atoms with Crippen molar-refractivity contribution in [3.63, 3.8) is 0 Å². The summed E-state index contributed by atoms with van der Waals surface area (Å²) in [6.45, 7) is 0. The fraction of sp³-hybridized carbons (Fsp3) is 0.400. The van der Waals surface area contributed by atoms with Gasteiger partial charge in [0, 0.05) is 18.3 Å². The van der Waals surface area contributed by atoms with Crippen LogP contribution < -0.4 is 0 Å². The molecule has 1 fully saturated rings. The molecule has 0 aromatic rings. The maximum atomic E-state index is 13.0. The second kappa shape index (κ2) is 3.92. The number of hydrogen-bond donors (Lipinski definition) is 0. The van der Waals surface area contributed by atoms with Crippen LogP contribution in [0.15, 0.2) is 45.1 Å². The van der Waals surface area contributed by atoms with Crippen LogP contribution in [0.5, 0.6) is 0 Å². The van der Waals surface area contributed by atoms with Crippen molar-refractivity contribution in [1.82, 2.24) is 0 Å². The molecule has 1 saturated carbocycles. The van der Waals surface area contributed by atoms with Gasteiger partial charge in [-0.1, -0.05) is 17.7 Å². The van der Waals surface area contributed by atoms with E-state index < -0.39 is 5.41 Å². The standard InChI is InChI=1S/C15H13ClN2O2/c1-20-10-3-2-8-6-17-12-13-15(12,5-9(16)7-18-13)14(19)11(8)4-10/h2-8,11-13H,1H3. The van der Waals surface area contributed by atoms with Gasteiger partial charge in [-0.05, 0) is 18.2 Å². The van der Waals surface area contributed by atoms with E-state index in [2.05, 4.69) is 9.98 Å². The van der Waals surface area contributed by atoms with Crippen molar-refractivity contribution in [2.24, 2.45) is 27.2 Å². The molecule has 4 nitrogen and oxygen atoms in total. The maximum absolute atomic E-state index is 13.0. The fourth-order valence-electron chi connectivity index (χ4n) is 3.41. The third-order valence-corrected chi connectivity index (χ3v) is 4.74. The number of carbonyl (C=O) groups is 1. The molecule has 0 saturated heterocycles. The lowest BCUT2D eigenvalue weighted by Gasteiger charge is -2.24. The van der Waals surface area contributed by atoms with E-state index in [0.29, 0.717) is 5.03 Å². The number of rotatable bonds is 1. The van der Waals surface area contributed by atoms with E-state index in [1.54, 1.807) is 13.3 Å². The van der Waals surface area contributed by atoms with Crippen molar-refractivity contribution in [2.45, 2.75) is 12.1 Å². The third-order valence-electron chi connectivity index (χ3n) is 4.53. The molecule has 0 amide bonds. The first kappa shape index (κ1) is 12.1. The number of dihydropyridines is 1. The van der Waals surface area contributed by atoms with Crippen molar-refractivity contribution in [3.05, 3.63) is 35.1 Å². The topological polar surface area (TPSA) is 51.0 Å². The van der Waals surface area contributed by atoms with Gasteiger partial charge in [-0.15, -0.1) is 0 Å². The molecule has 4 aliphatic rings. The van der Waals surface area contributed by atoms with Gasteiger partial charge in [0.1, 0.15) is 5.76 Å². The van der Waals surface area contributed by atoms with E-state index in [0.717, 1.165) is 5.76 Å². The third kappa shape index (κ3) is 1.40. The van der Waals surface area contributed by atoms with Crippen molar-refractivity contribution >= 4 is 29.8 Å². The molecule has 0 radical (unpaired) electrons. The Morgan fingerprint density at radius 2 is 2.15 bits per heavy atom. The SMILES string of the molecule is COC1=CC2C(=O)C34C=C(Cl)C=NC3C4N=CC2C=C1. The molecule has 20 heavy (non-hydrogen) atoms. The fourth-order valence-corrected chi connectivity index (χ4v) is 3.65. The number of ether oxygens (including phenoxy) is 1.